The number of rotatable bonds is 5. The lowest BCUT2D eigenvalue weighted by Gasteiger charge is -2.18. The quantitative estimate of drug-likeness (QED) is 0.767. The highest BCUT2D eigenvalue weighted by Gasteiger charge is 2.13. The largest absolute Gasteiger partial charge is 0.384 e. The minimum atomic E-state index is -0.235. The number of aromatic nitrogens is 3. The van der Waals surface area contributed by atoms with E-state index in [1.54, 1.807) is 16.8 Å². The summed E-state index contributed by atoms with van der Waals surface area (Å²) in [6, 6.07) is 10.4. The number of hydrogen-bond donors (Lipinski definition) is 1. The summed E-state index contributed by atoms with van der Waals surface area (Å²) in [5, 5.41) is 8.11. The molecule has 2 heterocycles. The first kappa shape index (κ1) is 15.8. The van der Waals surface area contributed by atoms with Crippen LogP contribution in [0, 0.1) is 5.82 Å². The third-order valence-electron chi connectivity index (χ3n) is 4.67. The number of pyridine rings is 1. The lowest BCUT2D eigenvalue weighted by atomic mass is 9.95. The van der Waals surface area contributed by atoms with Crippen LogP contribution in [0.4, 0.5) is 10.1 Å². The summed E-state index contributed by atoms with van der Waals surface area (Å²) in [6.07, 6.45) is 9.34. The van der Waals surface area contributed by atoms with Crippen LogP contribution in [0.15, 0.2) is 48.8 Å². The van der Waals surface area contributed by atoms with Gasteiger partial charge >= 0.3 is 0 Å². The van der Waals surface area contributed by atoms with Crippen LogP contribution in [-0.4, -0.2) is 21.3 Å². The molecule has 0 fully saturated rings. The highest BCUT2D eigenvalue weighted by Crippen LogP contribution is 2.26. The van der Waals surface area contributed by atoms with Crippen LogP contribution >= 0.6 is 0 Å². The second-order valence-electron chi connectivity index (χ2n) is 6.40. The van der Waals surface area contributed by atoms with Gasteiger partial charge in [-0.3, -0.25) is 4.98 Å². The molecule has 0 unspecified atom stereocenters. The van der Waals surface area contributed by atoms with Gasteiger partial charge in [0.1, 0.15) is 5.82 Å². The predicted octanol–water partition coefficient (Wildman–Crippen LogP) is 3.94. The van der Waals surface area contributed by atoms with Crippen LogP contribution in [0.25, 0.3) is 5.69 Å². The van der Waals surface area contributed by atoms with Crippen LogP contribution in [0.3, 0.4) is 0 Å². The van der Waals surface area contributed by atoms with Gasteiger partial charge in [-0.25, -0.2) is 9.07 Å². The normalized spacial score (nSPS) is 13.5. The Hall–Kier alpha value is -2.69. The Labute approximate surface area is 146 Å². The Balaban J connectivity index is 1.39. The van der Waals surface area contributed by atoms with Crippen molar-refractivity contribution in [1.82, 2.24) is 14.8 Å². The van der Waals surface area contributed by atoms with E-state index in [1.165, 1.54) is 41.9 Å². The van der Waals surface area contributed by atoms with Crippen LogP contribution in [0.2, 0.25) is 0 Å². The molecule has 0 aliphatic heterocycles. The molecule has 128 valence electrons. The van der Waals surface area contributed by atoms with Crippen LogP contribution in [-0.2, 0) is 19.3 Å². The van der Waals surface area contributed by atoms with Crippen molar-refractivity contribution < 1.29 is 4.39 Å². The van der Waals surface area contributed by atoms with Gasteiger partial charge in [0.15, 0.2) is 0 Å². The average Bonchev–Trinajstić information content (AvgIpc) is 3.11. The molecule has 0 saturated heterocycles. The lowest BCUT2D eigenvalue weighted by molar-refractivity contribution is 0.627. The zero-order chi connectivity index (χ0) is 17.1. The van der Waals surface area contributed by atoms with E-state index in [2.05, 4.69) is 21.5 Å². The van der Waals surface area contributed by atoms with Crippen molar-refractivity contribution in [2.24, 2.45) is 0 Å². The van der Waals surface area contributed by atoms with Crippen molar-refractivity contribution in [3.63, 3.8) is 0 Å². The number of nitrogens with zero attached hydrogens (tertiary/aromatic N) is 3. The summed E-state index contributed by atoms with van der Waals surface area (Å²) in [6.45, 7) is 0.830. The minimum Gasteiger partial charge on any atom is -0.384 e. The minimum absolute atomic E-state index is 0.235. The molecule has 2 aromatic heterocycles. The third kappa shape index (κ3) is 3.55. The van der Waals surface area contributed by atoms with Gasteiger partial charge in [0.2, 0.25) is 0 Å². The molecular formula is C20H21FN4. The van der Waals surface area contributed by atoms with Gasteiger partial charge in [-0.2, -0.15) is 5.10 Å². The van der Waals surface area contributed by atoms with Crippen LogP contribution in [0.1, 0.15) is 29.8 Å². The molecule has 1 aromatic carbocycles. The summed E-state index contributed by atoms with van der Waals surface area (Å²) in [4.78, 5) is 4.51. The molecule has 25 heavy (non-hydrogen) atoms. The Morgan fingerprint density at radius 3 is 2.76 bits per heavy atom. The van der Waals surface area contributed by atoms with Crippen LogP contribution < -0.4 is 5.32 Å². The van der Waals surface area contributed by atoms with E-state index >= 15 is 0 Å². The highest BCUT2D eigenvalue weighted by molar-refractivity contribution is 5.53. The van der Waals surface area contributed by atoms with Crippen molar-refractivity contribution in [3.8, 4) is 5.69 Å². The van der Waals surface area contributed by atoms with Crippen molar-refractivity contribution in [3.05, 3.63) is 71.6 Å². The Kier molecular flexibility index (Phi) is 4.46. The fraction of sp³-hybridized carbons (Fsp3) is 0.300. The summed E-state index contributed by atoms with van der Waals surface area (Å²) in [7, 11) is 0. The number of halogens is 1. The number of aryl methyl sites for hydroxylation is 1. The Morgan fingerprint density at radius 2 is 1.88 bits per heavy atom. The number of nitrogens with one attached hydrogen (secondary N) is 1. The maximum Gasteiger partial charge on any atom is 0.123 e. The molecule has 0 bridgehead atoms. The van der Waals surface area contributed by atoms with Gasteiger partial charge in [-0.1, -0.05) is 0 Å². The SMILES string of the molecule is Fc1ccc(-n2ccc(CCNc3ccnc4c3CCCC4)n2)cc1. The molecule has 1 aliphatic carbocycles. The summed E-state index contributed by atoms with van der Waals surface area (Å²) < 4.78 is 14.8. The van der Waals surface area contributed by atoms with Crippen LogP contribution in [0.5, 0.6) is 0 Å². The topological polar surface area (TPSA) is 42.7 Å². The van der Waals surface area contributed by atoms with E-state index in [-0.39, 0.29) is 5.82 Å². The van der Waals surface area contributed by atoms with Gasteiger partial charge < -0.3 is 5.32 Å². The Morgan fingerprint density at radius 1 is 1.04 bits per heavy atom. The summed E-state index contributed by atoms with van der Waals surface area (Å²) in [5.41, 5.74) is 5.72. The Bertz CT molecular complexity index is 854. The van der Waals surface area contributed by atoms with E-state index in [0.29, 0.717) is 0 Å². The molecular weight excluding hydrogens is 315 g/mol. The van der Waals surface area contributed by atoms with E-state index in [0.717, 1.165) is 37.2 Å². The van der Waals surface area contributed by atoms with E-state index in [4.69, 9.17) is 0 Å². The number of benzene rings is 1. The maximum atomic E-state index is 13.0. The molecule has 0 radical (unpaired) electrons. The van der Waals surface area contributed by atoms with E-state index in [1.807, 2.05) is 18.5 Å². The third-order valence-corrected chi connectivity index (χ3v) is 4.67. The first-order valence-electron chi connectivity index (χ1n) is 8.81. The van der Waals surface area contributed by atoms with Crippen molar-refractivity contribution >= 4 is 5.69 Å². The molecule has 4 nitrogen and oxygen atoms in total. The maximum absolute atomic E-state index is 13.0. The van der Waals surface area contributed by atoms with Gasteiger partial charge in [-0.05, 0) is 67.6 Å². The van der Waals surface area contributed by atoms with E-state index < -0.39 is 0 Å². The molecule has 0 spiro atoms. The molecule has 5 heteroatoms. The highest BCUT2D eigenvalue weighted by atomic mass is 19.1. The van der Waals surface area contributed by atoms with Gasteiger partial charge in [0.05, 0.1) is 11.4 Å². The standard InChI is InChI=1S/C20H21FN4/c21-15-5-7-17(8-6-15)25-14-11-16(24-25)9-12-22-20-10-13-23-19-4-2-1-3-18(19)20/h5-8,10-11,13-14H,1-4,9,12H2,(H,22,23). The first-order chi connectivity index (χ1) is 12.3. The lowest BCUT2D eigenvalue weighted by Crippen LogP contribution is -2.12. The summed E-state index contributed by atoms with van der Waals surface area (Å²) >= 11 is 0. The predicted molar refractivity (Wildman–Crippen MR) is 96.6 cm³/mol. The molecule has 1 N–H and O–H groups in total. The van der Waals surface area contributed by atoms with Gasteiger partial charge in [-0.15, -0.1) is 0 Å². The monoisotopic (exact) mass is 336 g/mol. The van der Waals surface area contributed by atoms with Crippen molar-refractivity contribution in [2.75, 3.05) is 11.9 Å². The van der Waals surface area contributed by atoms with Gasteiger partial charge in [0, 0.05) is 36.7 Å². The molecule has 0 saturated carbocycles. The first-order valence-corrected chi connectivity index (χ1v) is 8.81. The van der Waals surface area contributed by atoms with Crippen molar-refractivity contribution in [1.29, 1.82) is 0 Å². The molecule has 3 aromatic rings. The average molecular weight is 336 g/mol. The number of fused-ring (bicyclic) bond motifs is 1. The molecule has 4 rings (SSSR count). The second-order valence-corrected chi connectivity index (χ2v) is 6.40. The van der Waals surface area contributed by atoms with Gasteiger partial charge in [0.25, 0.3) is 0 Å². The fourth-order valence-electron chi connectivity index (χ4n) is 3.35. The molecule has 0 amide bonds. The fourth-order valence-corrected chi connectivity index (χ4v) is 3.35. The number of hydrogen-bond acceptors (Lipinski definition) is 3. The van der Waals surface area contributed by atoms with Crippen molar-refractivity contribution in [2.45, 2.75) is 32.1 Å². The molecule has 1 aliphatic rings. The van der Waals surface area contributed by atoms with E-state index in [9.17, 15) is 4.39 Å². The zero-order valence-electron chi connectivity index (χ0n) is 14.1. The smallest absolute Gasteiger partial charge is 0.123 e. The summed E-state index contributed by atoms with van der Waals surface area (Å²) in [5.74, 6) is -0.235. The second kappa shape index (κ2) is 7.05. The molecule has 0 atom stereocenters. The number of anilines is 1. The zero-order valence-corrected chi connectivity index (χ0v) is 14.1.